The number of rotatable bonds is 5. The van der Waals surface area contributed by atoms with Crippen LogP contribution >= 0.6 is 0 Å². The van der Waals surface area contributed by atoms with Gasteiger partial charge < -0.3 is 15.4 Å². The summed E-state index contributed by atoms with van der Waals surface area (Å²) >= 11 is 0. The number of carbonyl (C=O) groups is 1. The number of fused-ring (bicyclic) bond motifs is 1. The van der Waals surface area contributed by atoms with Crippen molar-refractivity contribution in [2.24, 2.45) is 5.92 Å². The summed E-state index contributed by atoms with van der Waals surface area (Å²) in [7, 11) is 0. The molecule has 0 aromatic heterocycles. The summed E-state index contributed by atoms with van der Waals surface area (Å²) < 4.78 is 5.77. The fraction of sp³-hybridized carbons (Fsp3) is 0.381. The van der Waals surface area contributed by atoms with Crippen molar-refractivity contribution in [1.29, 1.82) is 0 Å². The quantitative estimate of drug-likeness (QED) is 0.870. The van der Waals surface area contributed by atoms with E-state index in [0.29, 0.717) is 31.5 Å². The second-order valence-corrected chi connectivity index (χ2v) is 6.91. The van der Waals surface area contributed by atoms with E-state index in [1.165, 1.54) is 16.7 Å². The zero-order valence-electron chi connectivity index (χ0n) is 14.9. The Balaban J connectivity index is 1.46. The number of nitrogens with one attached hydrogen (secondary N) is 2. The monoisotopic (exact) mass is 338 g/mol. The molecule has 0 spiro atoms. The zero-order valence-corrected chi connectivity index (χ0v) is 14.9. The predicted molar refractivity (Wildman–Crippen MR) is 99.9 cm³/mol. The molecule has 4 nitrogen and oxygen atoms in total. The summed E-state index contributed by atoms with van der Waals surface area (Å²) in [6.07, 6.45) is 0.937. The summed E-state index contributed by atoms with van der Waals surface area (Å²) in [5.74, 6) is 1.72. The van der Waals surface area contributed by atoms with Gasteiger partial charge in [0.25, 0.3) is 0 Å². The average Bonchev–Trinajstić information content (AvgIpc) is 2.64. The Kier molecular flexibility index (Phi) is 5.59. The third kappa shape index (κ3) is 4.53. The Bertz CT molecular complexity index is 727. The minimum atomic E-state index is -0.127. The lowest BCUT2D eigenvalue weighted by atomic mass is 9.97. The highest BCUT2D eigenvalue weighted by molar-refractivity contribution is 5.73. The summed E-state index contributed by atoms with van der Waals surface area (Å²) in [4.78, 5) is 12.1. The lowest BCUT2D eigenvalue weighted by Gasteiger charge is -2.25. The van der Waals surface area contributed by atoms with Gasteiger partial charge in [0.15, 0.2) is 0 Å². The van der Waals surface area contributed by atoms with Crippen molar-refractivity contribution in [3.63, 3.8) is 0 Å². The van der Waals surface area contributed by atoms with Crippen LogP contribution in [0.3, 0.4) is 0 Å². The number of hydrogen-bond donors (Lipinski definition) is 2. The first-order valence-electron chi connectivity index (χ1n) is 8.93. The van der Waals surface area contributed by atoms with Crippen molar-refractivity contribution in [2.45, 2.75) is 32.7 Å². The van der Waals surface area contributed by atoms with Crippen molar-refractivity contribution >= 4 is 6.03 Å². The highest BCUT2D eigenvalue weighted by atomic mass is 16.5. The van der Waals surface area contributed by atoms with Gasteiger partial charge in [0.2, 0.25) is 0 Å². The molecule has 132 valence electrons. The van der Waals surface area contributed by atoms with Crippen LogP contribution in [0, 0.1) is 5.92 Å². The molecule has 1 unspecified atom stereocenters. The number of hydrogen-bond acceptors (Lipinski definition) is 2. The molecule has 0 saturated heterocycles. The van der Waals surface area contributed by atoms with Crippen LogP contribution in [0.4, 0.5) is 4.79 Å². The van der Waals surface area contributed by atoms with E-state index in [1.54, 1.807) is 0 Å². The third-order valence-electron chi connectivity index (χ3n) is 4.62. The smallest absolute Gasteiger partial charge is 0.315 e. The maximum absolute atomic E-state index is 12.1. The fourth-order valence-corrected chi connectivity index (χ4v) is 3.26. The fourth-order valence-electron chi connectivity index (χ4n) is 3.26. The molecule has 0 fully saturated rings. The van der Waals surface area contributed by atoms with Crippen LogP contribution < -0.4 is 15.4 Å². The average molecular weight is 338 g/mol. The van der Waals surface area contributed by atoms with Crippen LogP contribution in [0.1, 0.15) is 36.5 Å². The predicted octanol–water partition coefficient (Wildman–Crippen LogP) is 3.86. The molecule has 0 radical (unpaired) electrons. The Morgan fingerprint density at radius 1 is 1.12 bits per heavy atom. The van der Waals surface area contributed by atoms with Gasteiger partial charge in [0, 0.05) is 19.0 Å². The largest absolute Gasteiger partial charge is 0.493 e. The van der Waals surface area contributed by atoms with E-state index in [2.05, 4.69) is 42.7 Å². The highest BCUT2D eigenvalue weighted by Crippen LogP contribution is 2.26. The summed E-state index contributed by atoms with van der Waals surface area (Å²) in [5, 5.41) is 5.93. The molecule has 3 rings (SSSR count). The second kappa shape index (κ2) is 8.06. The summed E-state index contributed by atoms with van der Waals surface area (Å²) in [5.41, 5.74) is 3.66. The number of para-hydroxylation sites is 1. The lowest BCUT2D eigenvalue weighted by molar-refractivity contribution is 0.211. The van der Waals surface area contributed by atoms with E-state index in [9.17, 15) is 4.79 Å². The standard InChI is InChI=1S/C21H26N2O2/c1-15(2)19-9-5-3-8-18(19)13-23-21(24)22-12-16-11-17-7-4-6-10-20(17)25-14-16/h3-10,15-16H,11-14H2,1-2H3,(H2,22,23,24). The van der Waals surface area contributed by atoms with Gasteiger partial charge in [-0.05, 0) is 35.1 Å². The maximum atomic E-state index is 12.1. The van der Waals surface area contributed by atoms with Crippen LogP contribution in [0.15, 0.2) is 48.5 Å². The summed E-state index contributed by atoms with van der Waals surface area (Å²) in [6, 6.07) is 16.2. The molecule has 0 bridgehead atoms. The van der Waals surface area contributed by atoms with Gasteiger partial charge in [-0.25, -0.2) is 4.79 Å². The van der Waals surface area contributed by atoms with E-state index >= 15 is 0 Å². The SMILES string of the molecule is CC(C)c1ccccc1CNC(=O)NCC1COc2ccccc2C1. The lowest BCUT2D eigenvalue weighted by Crippen LogP contribution is -2.40. The van der Waals surface area contributed by atoms with E-state index in [4.69, 9.17) is 4.74 Å². The topological polar surface area (TPSA) is 50.4 Å². The Labute approximate surface area is 149 Å². The number of benzene rings is 2. The molecule has 0 aliphatic carbocycles. The first kappa shape index (κ1) is 17.3. The normalized spacial score (nSPS) is 16.0. The number of carbonyl (C=O) groups excluding carboxylic acids is 1. The van der Waals surface area contributed by atoms with Crippen LogP contribution in [0.25, 0.3) is 0 Å². The van der Waals surface area contributed by atoms with Crippen molar-refractivity contribution in [1.82, 2.24) is 10.6 Å². The Morgan fingerprint density at radius 2 is 1.88 bits per heavy atom. The van der Waals surface area contributed by atoms with Crippen LogP contribution in [-0.4, -0.2) is 19.2 Å². The number of urea groups is 1. The molecule has 1 heterocycles. The highest BCUT2D eigenvalue weighted by Gasteiger charge is 2.19. The van der Waals surface area contributed by atoms with E-state index < -0.39 is 0 Å². The van der Waals surface area contributed by atoms with Gasteiger partial charge >= 0.3 is 6.03 Å². The van der Waals surface area contributed by atoms with Gasteiger partial charge in [-0.2, -0.15) is 0 Å². The van der Waals surface area contributed by atoms with Crippen molar-refractivity contribution in [3.8, 4) is 5.75 Å². The van der Waals surface area contributed by atoms with E-state index in [1.807, 2.05) is 30.3 Å². The zero-order chi connectivity index (χ0) is 17.6. The van der Waals surface area contributed by atoms with Crippen LogP contribution in [-0.2, 0) is 13.0 Å². The Hall–Kier alpha value is -2.49. The molecule has 2 aromatic rings. The number of ether oxygens (including phenoxy) is 1. The molecule has 1 aliphatic rings. The van der Waals surface area contributed by atoms with Crippen molar-refractivity contribution < 1.29 is 9.53 Å². The van der Waals surface area contributed by atoms with Gasteiger partial charge in [0.05, 0.1) is 6.61 Å². The molecule has 1 atom stereocenters. The Morgan fingerprint density at radius 3 is 2.72 bits per heavy atom. The molecule has 2 amide bonds. The maximum Gasteiger partial charge on any atom is 0.315 e. The molecule has 4 heteroatoms. The third-order valence-corrected chi connectivity index (χ3v) is 4.62. The minimum Gasteiger partial charge on any atom is -0.493 e. The van der Waals surface area contributed by atoms with Gasteiger partial charge in [0.1, 0.15) is 5.75 Å². The van der Waals surface area contributed by atoms with E-state index in [0.717, 1.165) is 12.2 Å². The molecule has 0 saturated carbocycles. The first-order chi connectivity index (χ1) is 12.1. The van der Waals surface area contributed by atoms with Crippen LogP contribution in [0.5, 0.6) is 5.75 Å². The van der Waals surface area contributed by atoms with Gasteiger partial charge in [-0.3, -0.25) is 0 Å². The molecule has 2 N–H and O–H groups in total. The van der Waals surface area contributed by atoms with Gasteiger partial charge in [-0.15, -0.1) is 0 Å². The molecule has 1 aliphatic heterocycles. The van der Waals surface area contributed by atoms with E-state index in [-0.39, 0.29) is 6.03 Å². The molecular weight excluding hydrogens is 312 g/mol. The molecule has 25 heavy (non-hydrogen) atoms. The van der Waals surface area contributed by atoms with Crippen LogP contribution in [0.2, 0.25) is 0 Å². The second-order valence-electron chi connectivity index (χ2n) is 6.91. The van der Waals surface area contributed by atoms with Crippen molar-refractivity contribution in [2.75, 3.05) is 13.2 Å². The number of amides is 2. The first-order valence-corrected chi connectivity index (χ1v) is 8.93. The van der Waals surface area contributed by atoms with Gasteiger partial charge in [-0.1, -0.05) is 56.3 Å². The van der Waals surface area contributed by atoms with Crippen molar-refractivity contribution in [3.05, 3.63) is 65.2 Å². The molecule has 2 aromatic carbocycles. The minimum absolute atomic E-state index is 0.127. The summed E-state index contributed by atoms with van der Waals surface area (Å²) in [6.45, 7) is 6.14. The molecular formula is C21H26N2O2.